The average molecular weight is 450 g/mol. The van der Waals surface area contributed by atoms with Crippen molar-refractivity contribution in [3.63, 3.8) is 0 Å². The number of aromatic nitrogens is 3. The maximum Gasteiger partial charge on any atom is 0.272 e. The first-order valence-electron chi connectivity index (χ1n) is 10.3. The van der Waals surface area contributed by atoms with Crippen LogP contribution in [0.25, 0.3) is 0 Å². The van der Waals surface area contributed by atoms with E-state index in [-0.39, 0.29) is 42.7 Å². The van der Waals surface area contributed by atoms with Crippen molar-refractivity contribution in [2.75, 3.05) is 7.05 Å². The van der Waals surface area contributed by atoms with Crippen molar-refractivity contribution in [2.24, 2.45) is 0 Å². The molecule has 0 spiro atoms. The van der Waals surface area contributed by atoms with Crippen LogP contribution < -0.4 is 10.6 Å². The number of benzene rings is 1. The molecule has 1 aliphatic rings. The molecule has 3 aromatic rings. The lowest BCUT2D eigenvalue weighted by atomic mass is 9.96. The molecule has 3 amide bonds. The Labute approximate surface area is 189 Å². The molecule has 1 aromatic carbocycles. The fraction of sp³-hybridized carbons (Fsp3) is 0.261. The lowest BCUT2D eigenvalue weighted by Gasteiger charge is -2.40. The van der Waals surface area contributed by atoms with Crippen LogP contribution in [0.5, 0.6) is 0 Å². The smallest absolute Gasteiger partial charge is 0.272 e. The summed E-state index contributed by atoms with van der Waals surface area (Å²) in [5.74, 6) is -1.61. The predicted molar refractivity (Wildman–Crippen MR) is 116 cm³/mol. The highest BCUT2D eigenvalue weighted by atomic mass is 19.1. The Kier molecular flexibility index (Phi) is 5.91. The van der Waals surface area contributed by atoms with Crippen LogP contribution in [0.2, 0.25) is 0 Å². The zero-order valence-electron chi connectivity index (χ0n) is 18.2. The molecule has 2 N–H and O–H groups in total. The first-order valence-corrected chi connectivity index (χ1v) is 10.3. The van der Waals surface area contributed by atoms with Gasteiger partial charge < -0.3 is 15.5 Å². The van der Waals surface area contributed by atoms with E-state index < -0.39 is 17.4 Å². The number of nitrogens with one attached hydrogen (secondary N) is 2. The first-order chi connectivity index (χ1) is 15.8. The minimum Gasteiger partial charge on any atom is -0.350 e. The number of halogens is 1. The molecule has 33 heavy (non-hydrogen) atoms. The van der Waals surface area contributed by atoms with Crippen molar-refractivity contribution in [2.45, 2.75) is 32.1 Å². The van der Waals surface area contributed by atoms with Gasteiger partial charge in [0.2, 0.25) is 5.91 Å². The molecular formula is C23H23FN6O3. The van der Waals surface area contributed by atoms with Crippen LogP contribution in [0.4, 0.5) is 4.39 Å². The van der Waals surface area contributed by atoms with Gasteiger partial charge in [-0.25, -0.2) is 4.39 Å². The summed E-state index contributed by atoms with van der Waals surface area (Å²) < 4.78 is 14.5. The Bertz CT molecular complexity index is 1190. The van der Waals surface area contributed by atoms with Crippen LogP contribution in [0.3, 0.4) is 0 Å². The fourth-order valence-electron chi connectivity index (χ4n) is 3.58. The van der Waals surface area contributed by atoms with Gasteiger partial charge in [-0.1, -0.05) is 18.2 Å². The summed E-state index contributed by atoms with van der Waals surface area (Å²) in [6.45, 7) is 2.12. The summed E-state index contributed by atoms with van der Waals surface area (Å²) in [6.07, 6.45) is 1.63. The van der Waals surface area contributed by atoms with Gasteiger partial charge in [-0.05, 0) is 36.8 Å². The Morgan fingerprint density at radius 2 is 1.88 bits per heavy atom. The predicted octanol–water partition coefficient (Wildman–Crippen LogP) is 1.51. The summed E-state index contributed by atoms with van der Waals surface area (Å²) in [4.78, 5) is 44.0. The monoisotopic (exact) mass is 450 g/mol. The molecule has 3 heterocycles. The molecule has 0 saturated carbocycles. The second-order valence-corrected chi connectivity index (χ2v) is 8.02. The number of hydrogen-bond acceptors (Lipinski definition) is 5. The summed E-state index contributed by atoms with van der Waals surface area (Å²) in [7, 11) is 1.54. The summed E-state index contributed by atoms with van der Waals surface area (Å²) in [5.41, 5.74) is 0.501. The molecule has 0 saturated heterocycles. The van der Waals surface area contributed by atoms with E-state index in [9.17, 15) is 18.8 Å². The Morgan fingerprint density at radius 1 is 1.12 bits per heavy atom. The topological polar surface area (TPSA) is 109 Å². The second-order valence-electron chi connectivity index (χ2n) is 8.02. The van der Waals surface area contributed by atoms with Crippen LogP contribution in [0, 0.1) is 5.82 Å². The summed E-state index contributed by atoms with van der Waals surface area (Å²) in [6, 6.07) is 12.6. The molecule has 0 bridgehead atoms. The minimum atomic E-state index is -1.22. The molecule has 10 heteroatoms. The van der Waals surface area contributed by atoms with Crippen LogP contribution >= 0.6 is 0 Å². The average Bonchev–Trinajstić information content (AvgIpc) is 3.25. The largest absolute Gasteiger partial charge is 0.350 e. The zero-order chi connectivity index (χ0) is 23.6. The van der Waals surface area contributed by atoms with Crippen molar-refractivity contribution in [1.29, 1.82) is 0 Å². The molecule has 4 rings (SSSR count). The molecule has 9 nitrogen and oxygen atoms in total. The summed E-state index contributed by atoms with van der Waals surface area (Å²) in [5, 5.41) is 9.79. The maximum atomic E-state index is 13.1. The third-order valence-corrected chi connectivity index (χ3v) is 5.75. The molecule has 1 unspecified atom stereocenters. The Hall–Kier alpha value is -4.08. The van der Waals surface area contributed by atoms with Gasteiger partial charge in [0.15, 0.2) is 5.69 Å². The number of amides is 3. The number of hydrogen-bond donors (Lipinski definition) is 2. The normalized spacial score (nSPS) is 17.4. The van der Waals surface area contributed by atoms with Crippen LogP contribution in [0.1, 0.15) is 39.2 Å². The van der Waals surface area contributed by atoms with Gasteiger partial charge in [0.05, 0.1) is 18.8 Å². The van der Waals surface area contributed by atoms with Crippen molar-refractivity contribution < 1.29 is 18.8 Å². The van der Waals surface area contributed by atoms with Crippen molar-refractivity contribution in [3.8, 4) is 0 Å². The van der Waals surface area contributed by atoms with Gasteiger partial charge in [-0.3, -0.25) is 24.0 Å². The first kappa shape index (κ1) is 22.1. The number of likely N-dealkylation sites (N-methyl/N-ethyl adjacent to an activating group) is 1. The van der Waals surface area contributed by atoms with E-state index in [4.69, 9.17) is 0 Å². The van der Waals surface area contributed by atoms with Gasteiger partial charge in [0, 0.05) is 25.9 Å². The van der Waals surface area contributed by atoms with E-state index in [0.717, 1.165) is 5.56 Å². The van der Waals surface area contributed by atoms with Gasteiger partial charge in [-0.2, -0.15) is 5.10 Å². The summed E-state index contributed by atoms with van der Waals surface area (Å²) >= 11 is 0. The lowest BCUT2D eigenvalue weighted by molar-refractivity contribution is -0.132. The zero-order valence-corrected chi connectivity index (χ0v) is 18.2. The highest BCUT2D eigenvalue weighted by molar-refractivity contribution is 6.01. The number of pyridine rings is 1. The molecule has 2 aromatic heterocycles. The number of fused-ring (bicyclic) bond motifs is 1. The minimum absolute atomic E-state index is 0.0767. The fourth-order valence-corrected chi connectivity index (χ4v) is 3.58. The Morgan fingerprint density at radius 3 is 2.58 bits per heavy atom. The molecular weight excluding hydrogens is 427 g/mol. The number of carbonyl (C=O) groups excluding carboxylic acids is 3. The SMILES string of the molecule is CN1C(=O)c2cc(C(=O)NCc3ccccn3)nn2CC1(C)C(=O)NCc1ccc(F)cc1. The van der Waals surface area contributed by atoms with Crippen LogP contribution in [-0.4, -0.2) is 50.0 Å². The van der Waals surface area contributed by atoms with Crippen LogP contribution in [0.15, 0.2) is 54.7 Å². The lowest BCUT2D eigenvalue weighted by Crippen LogP contribution is -2.62. The number of nitrogens with zero attached hydrogens (tertiary/aromatic N) is 4. The van der Waals surface area contributed by atoms with Crippen LogP contribution in [-0.2, 0) is 24.4 Å². The quantitative estimate of drug-likeness (QED) is 0.592. The second kappa shape index (κ2) is 8.81. The molecule has 1 atom stereocenters. The van der Waals surface area contributed by atoms with Crippen molar-refractivity contribution in [3.05, 3.63) is 83.2 Å². The van der Waals surface area contributed by atoms with Gasteiger partial charge in [0.25, 0.3) is 11.8 Å². The Balaban J connectivity index is 1.47. The number of rotatable bonds is 6. The van der Waals surface area contributed by atoms with Gasteiger partial charge in [0.1, 0.15) is 17.1 Å². The van der Waals surface area contributed by atoms with Crippen molar-refractivity contribution >= 4 is 17.7 Å². The van der Waals surface area contributed by atoms with E-state index in [1.165, 1.54) is 34.8 Å². The van der Waals surface area contributed by atoms with E-state index in [1.54, 1.807) is 37.4 Å². The van der Waals surface area contributed by atoms with Gasteiger partial charge in [-0.15, -0.1) is 0 Å². The molecule has 0 aliphatic carbocycles. The van der Waals surface area contributed by atoms with E-state index in [1.807, 2.05) is 6.07 Å². The highest BCUT2D eigenvalue weighted by Crippen LogP contribution is 2.26. The third-order valence-electron chi connectivity index (χ3n) is 5.75. The van der Waals surface area contributed by atoms with E-state index in [2.05, 4.69) is 20.7 Å². The highest BCUT2D eigenvalue weighted by Gasteiger charge is 2.46. The standard InChI is InChI=1S/C23H23FN6O3/c1-23(22(33)27-12-15-6-8-16(24)9-7-15)14-30-19(21(32)29(23)2)11-18(28-30)20(31)26-13-17-5-3-4-10-25-17/h3-11H,12-14H2,1-2H3,(H,26,31)(H,27,33). The van der Waals surface area contributed by atoms with Gasteiger partial charge >= 0.3 is 0 Å². The maximum absolute atomic E-state index is 13.1. The third kappa shape index (κ3) is 4.45. The van der Waals surface area contributed by atoms with E-state index >= 15 is 0 Å². The van der Waals surface area contributed by atoms with E-state index in [0.29, 0.717) is 5.69 Å². The number of carbonyl (C=O) groups is 3. The molecule has 1 aliphatic heterocycles. The van der Waals surface area contributed by atoms with Crippen molar-refractivity contribution in [1.82, 2.24) is 30.3 Å². The molecule has 170 valence electrons. The molecule has 0 fully saturated rings. The molecule has 0 radical (unpaired) electrons.